The van der Waals surface area contributed by atoms with Gasteiger partial charge in [-0.3, -0.25) is 9.59 Å². The van der Waals surface area contributed by atoms with Crippen LogP contribution in [0.5, 0.6) is 0 Å². The third kappa shape index (κ3) is 2.14. The van der Waals surface area contributed by atoms with E-state index in [4.69, 9.17) is 0 Å². The molecule has 10 heavy (non-hydrogen) atoms. The predicted octanol–water partition coefficient (Wildman–Crippen LogP) is -1.96. The molecule has 0 radical (unpaired) electrons. The third-order valence-electron chi connectivity index (χ3n) is 0.865. The van der Waals surface area contributed by atoms with Crippen molar-refractivity contribution in [2.45, 2.75) is 12.2 Å². The second-order valence-electron chi connectivity index (χ2n) is 1.70. The molecule has 0 saturated heterocycles. The first-order valence-corrected chi connectivity index (χ1v) is 3.64. The molecule has 1 amide bonds. The highest BCUT2D eigenvalue weighted by molar-refractivity contribution is 7.75. The average molecular weight is 165 g/mol. The Balaban J connectivity index is 4.59. The molecule has 0 spiro atoms. The fourth-order valence-corrected chi connectivity index (χ4v) is 0.957. The van der Waals surface area contributed by atoms with Crippen LogP contribution in [0.2, 0.25) is 0 Å². The van der Waals surface area contributed by atoms with Gasteiger partial charge in [0.2, 0.25) is 5.91 Å². The number of Topliss-reactive ketones (excluding diaryl/α,β-unsaturated/α-hetero) is 1. The SMILES string of the molecule is CC(=O)C(C(N)=O)[SH](=O)=O. The number of primary amides is 1. The number of hydrogen-bond acceptors (Lipinski definition) is 4. The molecule has 58 valence electrons. The molecule has 1 unspecified atom stereocenters. The van der Waals surface area contributed by atoms with Crippen LogP contribution in [0.4, 0.5) is 0 Å². The normalized spacial score (nSPS) is 13.0. The van der Waals surface area contributed by atoms with E-state index in [0.717, 1.165) is 6.92 Å². The maximum atomic E-state index is 10.3. The van der Waals surface area contributed by atoms with Crippen molar-refractivity contribution in [2.24, 2.45) is 5.73 Å². The lowest BCUT2D eigenvalue weighted by Crippen LogP contribution is -2.35. The fourth-order valence-electron chi connectivity index (χ4n) is 0.453. The minimum Gasteiger partial charge on any atom is -0.368 e. The fraction of sp³-hybridized carbons (Fsp3) is 0.500. The van der Waals surface area contributed by atoms with Crippen molar-refractivity contribution in [1.82, 2.24) is 0 Å². The lowest BCUT2D eigenvalue weighted by Gasteiger charge is -1.97. The number of amides is 1. The Kier molecular flexibility index (Phi) is 3.01. The first-order chi connectivity index (χ1) is 4.46. The summed E-state index contributed by atoms with van der Waals surface area (Å²) in [4.78, 5) is 20.5. The molecule has 0 heterocycles. The summed E-state index contributed by atoms with van der Waals surface area (Å²) in [5.41, 5.74) is 4.60. The zero-order valence-corrected chi connectivity index (χ0v) is 6.13. The summed E-state index contributed by atoms with van der Waals surface area (Å²) in [6, 6.07) is 0. The molecule has 0 bridgehead atoms. The van der Waals surface area contributed by atoms with Crippen molar-refractivity contribution in [3.63, 3.8) is 0 Å². The van der Waals surface area contributed by atoms with Crippen molar-refractivity contribution >= 4 is 22.4 Å². The monoisotopic (exact) mass is 165 g/mol. The van der Waals surface area contributed by atoms with Gasteiger partial charge in [-0.2, -0.15) is 0 Å². The van der Waals surface area contributed by atoms with E-state index in [1.54, 1.807) is 0 Å². The van der Waals surface area contributed by atoms with E-state index in [0.29, 0.717) is 0 Å². The van der Waals surface area contributed by atoms with Crippen molar-refractivity contribution in [2.75, 3.05) is 0 Å². The Labute approximate surface area is 59.2 Å². The summed E-state index contributed by atoms with van der Waals surface area (Å²) in [5.74, 6) is -1.87. The molecule has 0 fully saturated rings. The van der Waals surface area contributed by atoms with Crippen LogP contribution in [-0.2, 0) is 20.3 Å². The van der Waals surface area contributed by atoms with Gasteiger partial charge in [-0.25, -0.2) is 8.42 Å². The van der Waals surface area contributed by atoms with Gasteiger partial charge in [-0.1, -0.05) is 0 Å². The van der Waals surface area contributed by atoms with E-state index in [9.17, 15) is 18.0 Å². The minimum absolute atomic E-state index is 0.747. The molecule has 1 atom stereocenters. The van der Waals surface area contributed by atoms with E-state index in [1.165, 1.54) is 0 Å². The third-order valence-corrected chi connectivity index (χ3v) is 1.91. The summed E-state index contributed by atoms with van der Waals surface area (Å²) >= 11 is 0. The van der Waals surface area contributed by atoms with E-state index in [1.807, 2.05) is 0 Å². The highest BCUT2D eigenvalue weighted by Gasteiger charge is 2.23. The maximum Gasteiger partial charge on any atom is 0.243 e. The highest BCUT2D eigenvalue weighted by atomic mass is 32.2. The molecule has 0 rings (SSSR count). The molecule has 0 aliphatic heterocycles. The van der Waals surface area contributed by atoms with Crippen LogP contribution < -0.4 is 5.73 Å². The topological polar surface area (TPSA) is 94.3 Å². The Hall–Kier alpha value is -0.910. The van der Waals surface area contributed by atoms with Gasteiger partial charge < -0.3 is 5.73 Å². The van der Waals surface area contributed by atoms with Crippen LogP contribution in [0.3, 0.4) is 0 Å². The zero-order valence-electron chi connectivity index (χ0n) is 5.23. The summed E-state index contributed by atoms with van der Waals surface area (Å²) < 4.78 is 20.2. The number of thiol groups is 1. The number of ketones is 1. The quantitative estimate of drug-likeness (QED) is 0.375. The Morgan fingerprint density at radius 3 is 1.80 bits per heavy atom. The molecule has 5 nitrogen and oxygen atoms in total. The van der Waals surface area contributed by atoms with E-state index < -0.39 is 27.6 Å². The van der Waals surface area contributed by atoms with Gasteiger partial charge in [0.1, 0.15) is 0 Å². The van der Waals surface area contributed by atoms with Gasteiger partial charge >= 0.3 is 0 Å². The second kappa shape index (κ2) is 3.31. The molecule has 0 aromatic rings. The number of carbonyl (C=O) groups is 2. The molecular weight excluding hydrogens is 158 g/mol. The van der Waals surface area contributed by atoms with Crippen LogP contribution >= 0.6 is 0 Å². The van der Waals surface area contributed by atoms with Crippen molar-refractivity contribution in [1.29, 1.82) is 0 Å². The number of hydrogen-bond donors (Lipinski definition) is 2. The number of carbonyl (C=O) groups excluding carboxylic acids is 2. The molecule has 6 heteroatoms. The van der Waals surface area contributed by atoms with E-state index in [-0.39, 0.29) is 0 Å². The van der Waals surface area contributed by atoms with Gasteiger partial charge in [0.05, 0.1) is 0 Å². The number of nitrogens with two attached hydrogens (primary N) is 1. The molecule has 0 aromatic heterocycles. The van der Waals surface area contributed by atoms with Gasteiger partial charge in [0, 0.05) is 0 Å². The second-order valence-corrected chi connectivity index (χ2v) is 2.79. The van der Waals surface area contributed by atoms with Crippen molar-refractivity contribution < 1.29 is 18.0 Å². The number of rotatable bonds is 3. The first kappa shape index (κ1) is 9.09. The Bertz CT molecular complexity index is 209. The zero-order chi connectivity index (χ0) is 8.31. The Morgan fingerprint density at radius 1 is 1.40 bits per heavy atom. The molecule has 0 aromatic carbocycles. The predicted molar refractivity (Wildman–Crippen MR) is 34.0 cm³/mol. The largest absolute Gasteiger partial charge is 0.368 e. The molecular formula is C4H7NO4S. The van der Waals surface area contributed by atoms with Crippen molar-refractivity contribution in [3.8, 4) is 0 Å². The molecule has 0 aliphatic carbocycles. The van der Waals surface area contributed by atoms with Gasteiger partial charge in [0.25, 0.3) is 0 Å². The molecule has 0 saturated carbocycles. The summed E-state index contributed by atoms with van der Waals surface area (Å²) in [6.07, 6.45) is 0. The standard InChI is InChI=1S/C4H7NO4S/c1-2(6)3(4(5)7)10(8)9/h3,10H,1H3,(H2,5,7). The van der Waals surface area contributed by atoms with Crippen molar-refractivity contribution in [3.05, 3.63) is 0 Å². The van der Waals surface area contributed by atoms with Crippen LogP contribution in [0.25, 0.3) is 0 Å². The summed E-state index contributed by atoms with van der Waals surface area (Å²) in [5, 5.41) is -1.66. The van der Waals surface area contributed by atoms with Crippen LogP contribution in [0, 0.1) is 0 Å². The van der Waals surface area contributed by atoms with Crippen LogP contribution in [-0.4, -0.2) is 25.4 Å². The maximum absolute atomic E-state index is 10.3. The smallest absolute Gasteiger partial charge is 0.243 e. The highest BCUT2D eigenvalue weighted by Crippen LogP contribution is 1.88. The summed E-state index contributed by atoms with van der Waals surface area (Å²) in [7, 11) is -3.07. The lowest BCUT2D eigenvalue weighted by atomic mass is 10.3. The summed E-state index contributed by atoms with van der Waals surface area (Å²) in [6.45, 7) is 1.00. The lowest BCUT2D eigenvalue weighted by molar-refractivity contribution is -0.124. The van der Waals surface area contributed by atoms with Gasteiger partial charge in [0.15, 0.2) is 21.7 Å². The van der Waals surface area contributed by atoms with Crippen LogP contribution in [0.15, 0.2) is 0 Å². The minimum atomic E-state index is -3.07. The van der Waals surface area contributed by atoms with E-state index in [2.05, 4.69) is 5.73 Å². The molecule has 2 N–H and O–H groups in total. The van der Waals surface area contributed by atoms with Gasteiger partial charge in [-0.15, -0.1) is 0 Å². The van der Waals surface area contributed by atoms with Crippen LogP contribution in [0.1, 0.15) is 6.92 Å². The first-order valence-electron chi connectivity index (χ1n) is 2.40. The van der Waals surface area contributed by atoms with E-state index >= 15 is 0 Å². The average Bonchev–Trinajstić information content (AvgIpc) is 1.59. The molecule has 0 aliphatic rings. The van der Waals surface area contributed by atoms with Gasteiger partial charge in [-0.05, 0) is 6.92 Å². The Morgan fingerprint density at radius 2 is 1.80 bits per heavy atom.